The van der Waals surface area contributed by atoms with Crippen LogP contribution < -0.4 is 9.80 Å². The molecule has 23 heavy (non-hydrogen) atoms. The molecule has 1 aromatic rings. The fourth-order valence-electron chi connectivity index (χ4n) is 2.66. The highest BCUT2D eigenvalue weighted by molar-refractivity contribution is 5.70. The lowest BCUT2D eigenvalue weighted by Crippen LogP contribution is -2.31. The van der Waals surface area contributed by atoms with E-state index in [0.717, 1.165) is 35.5 Å². The molecule has 9 heteroatoms. The van der Waals surface area contributed by atoms with Crippen LogP contribution in [0.25, 0.3) is 0 Å². The van der Waals surface area contributed by atoms with Crippen molar-refractivity contribution in [2.45, 2.75) is 38.5 Å². The topological polar surface area (TPSA) is 123 Å². The van der Waals surface area contributed by atoms with Gasteiger partial charge < -0.3 is 15.3 Å². The summed E-state index contributed by atoms with van der Waals surface area (Å²) in [7, 11) is 0. The van der Waals surface area contributed by atoms with Gasteiger partial charge in [0.2, 0.25) is 18.3 Å². The molecule has 0 radical (unpaired) electrons. The first kappa shape index (κ1) is 17.5. The van der Waals surface area contributed by atoms with Gasteiger partial charge in [0, 0.05) is 5.92 Å². The molecule has 0 saturated heterocycles. The highest BCUT2D eigenvalue weighted by Crippen LogP contribution is 2.34. The zero-order chi connectivity index (χ0) is 16.8. The molecule has 1 heterocycles. The minimum atomic E-state index is -0.563. The van der Waals surface area contributed by atoms with Crippen molar-refractivity contribution in [3.8, 4) is 0 Å². The predicted octanol–water partition coefficient (Wildman–Crippen LogP) is -0.216. The van der Waals surface area contributed by atoms with Gasteiger partial charge in [-0.2, -0.15) is 15.0 Å². The van der Waals surface area contributed by atoms with Gasteiger partial charge in [-0.05, 0) is 18.8 Å². The van der Waals surface area contributed by atoms with Gasteiger partial charge >= 0.3 is 0 Å². The van der Waals surface area contributed by atoms with Gasteiger partial charge in [0.1, 0.15) is 26.0 Å². The Balaban J connectivity index is 2.37. The summed E-state index contributed by atoms with van der Waals surface area (Å²) < 4.78 is 0. The lowest BCUT2D eigenvalue weighted by molar-refractivity contribution is -0.108. The summed E-state index contributed by atoms with van der Waals surface area (Å²) in [6, 6.07) is 0. The minimum Gasteiger partial charge on any atom is -0.376 e. The van der Waals surface area contributed by atoms with Gasteiger partial charge in [0.05, 0.1) is 0 Å². The largest absolute Gasteiger partial charge is 0.376 e. The normalized spacial score (nSPS) is 21.0. The molecule has 0 aromatic carbocycles. The molecule has 0 aliphatic heterocycles. The van der Waals surface area contributed by atoms with E-state index >= 15 is 0 Å². The Labute approximate surface area is 134 Å². The zero-order valence-corrected chi connectivity index (χ0v) is 13.2. The van der Waals surface area contributed by atoms with Crippen molar-refractivity contribution < 1.29 is 20.1 Å². The Morgan fingerprint density at radius 3 is 2.13 bits per heavy atom. The van der Waals surface area contributed by atoms with Crippen LogP contribution in [0.1, 0.15) is 44.3 Å². The molecule has 0 atom stereocenters. The van der Waals surface area contributed by atoms with E-state index in [4.69, 9.17) is 0 Å². The zero-order valence-electron chi connectivity index (χ0n) is 13.2. The molecule has 3 N–H and O–H groups in total. The molecule has 1 aliphatic carbocycles. The lowest BCUT2D eigenvalue weighted by Gasteiger charge is -2.26. The van der Waals surface area contributed by atoms with E-state index in [9.17, 15) is 20.1 Å². The van der Waals surface area contributed by atoms with Crippen molar-refractivity contribution in [3.05, 3.63) is 5.82 Å². The number of nitrogens with zero attached hydrogens (tertiary/aromatic N) is 5. The minimum absolute atomic E-state index is 0.00743. The van der Waals surface area contributed by atoms with Gasteiger partial charge in [-0.3, -0.25) is 14.6 Å². The Morgan fingerprint density at radius 1 is 1.00 bits per heavy atom. The summed E-state index contributed by atoms with van der Waals surface area (Å²) in [6.07, 6.45) is 4.43. The number of carbonyl (C=O) groups excluding carboxylic acids is 1. The molecule has 0 spiro atoms. The second-order valence-electron chi connectivity index (χ2n) is 5.79. The van der Waals surface area contributed by atoms with E-state index in [-0.39, 0.29) is 17.8 Å². The smallest absolute Gasteiger partial charge is 0.238 e. The second-order valence-corrected chi connectivity index (χ2v) is 5.79. The van der Waals surface area contributed by atoms with Gasteiger partial charge in [-0.1, -0.05) is 19.8 Å². The summed E-state index contributed by atoms with van der Waals surface area (Å²) in [4.78, 5) is 25.8. The number of aliphatic hydroxyl groups excluding tert-OH is 3. The summed E-state index contributed by atoms with van der Waals surface area (Å²) >= 11 is 0. The van der Waals surface area contributed by atoms with Crippen LogP contribution in [0.5, 0.6) is 0 Å². The highest BCUT2D eigenvalue weighted by atomic mass is 16.3. The maximum atomic E-state index is 11.0. The van der Waals surface area contributed by atoms with Crippen LogP contribution in [0.2, 0.25) is 0 Å². The van der Waals surface area contributed by atoms with Crippen LogP contribution in [-0.2, 0) is 4.79 Å². The Hall–Kier alpha value is -1.84. The molecule has 2 rings (SSSR count). The average molecular weight is 325 g/mol. The van der Waals surface area contributed by atoms with E-state index < -0.39 is 20.2 Å². The van der Waals surface area contributed by atoms with E-state index in [1.54, 1.807) is 0 Å². The maximum absolute atomic E-state index is 11.0. The standard InChI is InChI=1S/C14H23N5O4/c1-10-2-4-11(5-3-10)12-15-13(18(6-20)7-21)17-14(16-12)19(8-22)9-23/h6,10-11,21-23H,2-5,7-9H2,1H3. The van der Waals surface area contributed by atoms with Crippen LogP contribution in [-0.4, -0.2) is 56.9 Å². The third-order valence-electron chi connectivity index (χ3n) is 4.17. The molecule has 1 aliphatic rings. The number of carbonyl (C=O) groups is 1. The van der Waals surface area contributed by atoms with Crippen LogP contribution in [0.3, 0.4) is 0 Å². The van der Waals surface area contributed by atoms with Crippen molar-refractivity contribution in [2.24, 2.45) is 5.92 Å². The number of aliphatic hydroxyl groups is 3. The molecule has 1 fully saturated rings. The number of anilines is 2. The fourth-order valence-corrected chi connectivity index (χ4v) is 2.66. The van der Waals surface area contributed by atoms with Crippen molar-refractivity contribution in [3.63, 3.8) is 0 Å². The first-order chi connectivity index (χ1) is 11.1. The first-order valence-electron chi connectivity index (χ1n) is 7.68. The second kappa shape index (κ2) is 8.14. The summed E-state index contributed by atoms with van der Waals surface area (Å²) in [6.45, 7) is 0.703. The van der Waals surface area contributed by atoms with Gasteiger partial charge in [0.15, 0.2) is 0 Å². The van der Waals surface area contributed by atoms with Crippen LogP contribution in [0.4, 0.5) is 11.9 Å². The summed E-state index contributed by atoms with van der Waals surface area (Å²) in [5, 5.41) is 27.8. The monoisotopic (exact) mass is 325 g/mol. The van der Waals surface area contributed by atoms with Crippen molar-refractivity contribution >= 4 is 18.3 Å². The molecular weight excluding hydrogens is 302 g/mol. The number of rotatable bonds is 7. The Morgan fingerprint density at radius 2 is 1.61 bits per heavy atom. The predicted molar refractivity (Wildman–Crippen MR) is 82.5 cm³/mol. The van der Waals surface area contributed by atoms with Crippen molar-refractivity contribution in [2.75, 3.05) is 30.0 Å². The molecule has 1 amide bonds. The third-order valence-corrected chi connectivity index (χ3v) is 4.17. The van der Waals surface area contributed by atoms with Gasteiger partial charge in [0.25, 0.3) is 0 Å². The average Bonchev–Trinajstić information content (AvgIpc) is 2.57. The van der Waals surface area contributed by atoms with Crippen molar-refractivity contribution in [1.82, 2.24) is 15.0 Å². The lowest BCUT2D eigenvalue weighted by atomic mass is 9.82. The number of amides is 1. The van der Waals surface area contributed by atoms with Crippen LogP contribution in [0.15, 0.2) is 0 Å². The molecule has 0 bridgehead atoms. The third kappa shape index (κ3) is 4.12. The quantitative estimate of drug-likeness (QED) is 0.464. The Bertz CT molecular complexity index is 518. The van der Waals surface area contributed by atoms with Crippen LogP contribution >= 0.6 is 0 Å². The van der Waals surface area contributed by atoms with E-state index in [2.05, 4.69) is 21.9 Å². The Kier molecular flexibility index (Phi) is 6.20. The van der Waals surface area contributed by atoms with Gasteiger partial charge in [-0.15, -0.1) is 0 Å². The highest BCUT2D eigenvalue weighted by Gasteiger charge is 2.25. The van der Waals surface area contributed by atoms with E-state index in [0.29, 0.717) is 18.2 Å². The fraction of sp³-hybridized carbons (Fsp3) is 0.714. The van der Waals surface area contributed by atoms with Gasteiger partial charge in [-0.25, -0.2) is 0 Å². The summed E-state index contributed by atoms with van der Waals surface area (Å²) in [5.41, 5.74) is 0. The molecule has 1 saturated carbocycles. The number of hydrogen-bond donors (Lipinski definition) is 3. The molecule has 1 aromatic heterocycles. The number of aromatic nitrogens is 3. The summed E-state index contributed by atoms with van der Waals surface area (Å²) in [5.74, 6) is 1.41. The number of hydrogen-bond acceptors (Lipinski definition) is 8. The maximum Gasteiger partial charge on any atom is 0.238 e. The molecule has 9 nitrogen and oxygen atoms in total. The van der Waals surface area contributed by atoms with E-state index in [1.165, 1.54) is 0 Å². The van der Waals surface area contributed by atoms with E-state index in [1.807, 2.05) is 0 Å². The molecule has 128 valence electrons. The van der Waals surface area contributed by atoms with Crippen LogP contribution in [0, 0.1) is 5.92 Å². The first-order valence-corrected chi connectivity index (χ1v) is 7.68. The van der Waals surface area contributed by atoms with Crippen molar-refractivity contribution in [1.29, 1.82) is 0 Å². The molecule has 0 unspecified atom stereocenters. The molecular formula is C14H23N5O4. The SMILES string of the molecule is CC1CCC(c2nc(N(C=O)CO)nc(N(CO)CO)n2)CC1.